The summed E-state index contributed by atoms with van der Waals surface area (Å²) in [4.78, 5) is 33.8. The van der Waals surface area contributed by atoms with Gasteiger partial charge < -0.3 is 25.2 Å². The van der Waals surface area contributed by atoms with Gasteiger partial charge in [-0.25, -0.2) is 14.2 Å². The molecule has 0 fully saturated rings. The molecule has 0 aliphatic rings. The van der Waals surface area contributed by atoms with Crippen molar-refractivity contribution in [1.82, 2.24) is 20.1 Å². The highest BCUT2D eigenvalue weighted by Gasteiger charge is 2.20. The fourth-order valence-corrected chi connectivity index (χ4v) is 2.10. The Morgan fingerprint density at radius 1 is 1.04 bits per heavy atom. The van der Waals surface area contributed by atoms with Crippen molar-refractivity contribution < 1.29 is 37.4 Å². The highest BCUT2D eigenvalue weighted by Crippen LogP contribution is 1.98. The molecule has 0 radical (unpaired) electrons. The van der Waals surface area contributed by atoms with E-state index < -0.39 is 28.1 Å². The molecule has 0 spiro atoms. The number of rotatable bonds is 15. The molecular weight excluding hydrogens is 372 g/mol. The number of nitrogens with one attached hydrogen (secondary N) is 4. The molecule has 0 aromatic heterocycles. The monoisotopic (exact) mass is 398 g/mol. The summed E-state index contributed by atoms with van der Waals surface area (Å²) in [5.74, 6) is -2.19. The van der Waals surface area contributed by atoms with Crippen LogP contribution in [-0.4, -0.2) is 84.4 Å². The molecule has 26 heavy (non-hydrogen) atoms. The van der Waals surface area contributed by atoms with Gasteiger partial charge in [0.25, 0.3) is 10.2 Å². The Kier molecular flexibility index (Phi) is 12.5. The van der Waals surface area contributed by atoms with Gasteiger partial charge in [0.05, 0.1) is 19.8 Å². The topological polar surface area (TPSA) is 172 Å². The zero-order chi connectivity index (χ0) is 20.0. The van der Waals surface area contributed by atoms with Gasteiger partial charge in [0, 0.05) is 27.1 Å². The Morgan fingerprint density at radius 3 is 2.27 bits per heavy atom. The van der Waals surface area contributed by atoms with Gasteiger partial charge >= 0.3 is 5.97 Å². The molecule has 1 unspecified atom stereocenters. The van der Waals surface area contributed by atoms with Crippen LogP contribution in [0.1, 0.15) is 12.8 Å². The van der Waals surface area contributed by atoms with Gasteiger partial charge in [-0.15, -0.1) is 0 Å². The van der Waals surface area contributed by atoms with Crippen molar-refractivity contribution in [3.63, 3.8) is 0 Å². The maximum atomic E-state index is 11.6. The Labute approximate surface area is 152 Å². The lowest BCUT2D eigenvalue weighted by molar-refractivity contribution is -0.143. The predicted molar refractivity (Wildman–Crippen MR) is 90.5 cm³/mol. The molecule has 13 heteroatoms. The normalized spacial score (nSPS) is 12.4. The van der Waals surface area contributed by atoms with Crippen molar-refractivity contribution in [2.45, 2.75) is 18.9 Å². The van der Waals surface area contributed by atoms with Crippen LogP contribution in [0.15, 0.2) is 0 Å². The van der Waals surface area contributed by atoms with Crippen LogP contribution in [0.25, 0.3) is 0 Å². The third-order valence-electron chi connectivity index (χ3n) is 2.98. The number of amides is 2. The molecule has 0 aliphatic heterocycles. The number of carbonyl (C=O) groups excluding carboxylic acids is 2. The number of carbonyl (C=O) groups is 3. The van der Waals surface area contributed by atoms with Crippen LogP contribution >= 0.6 is 0 Å². The number of aliphatic carboxylic acids is 1. The van der Waals surface area contributed by atoms with Gasteiger partial charge in [-0.1, -0.05) is 0 Å². The zero-order valence-corrected chi connectivity index (χ0v) is 15.6. The zero-order valence-electron chi connectivity index (χ0n) is 14.7. The van der Waals surface area contributed by atoms with Crippen LogP contribution in [0.5, 0.6) is 0 Å². The lowest BCUT2D eigenvalue weighted by Gasteiger charge is -2.14. The van der Waals surface area contributed by atoms with Crippen LogP contribution in [0.2, 0.25) is 0 Å². The first-order valence-electron chi connectivity index (χ1n) is 7.78. The van der Waals surface area contributed by atoms with E-state index in [1.165, 1.54) is 14.1 Å². The van der Waals surface area contributed by atoms with Crippen LogP contribution in [0.4, 0.5) is 0 Å². The molecule has 152 valence electrons. The van der Waals surface area contributed by atoms with Gasteiger partial charge in [0.2, 0.25) is 11.8 Å². The molecule has 0 bridgehead atoms. The van der Waals surface area contributed by atoms with Crippen molar-refractivity contribution in [2.24, 2.45) is 0 Å². The molecule has 0 aliphatic carbocycles. The van der Waals surface area contributed by atoms with Gasteiger partial charge in [-0.2, -0.15) is 8.42 Å². The van der Waals surface area contributed by atoms with Crippen molar-refractivity contribution in [2.75, 3.05) is 47.1 Å². The van der Waals surface area contributed by atoms with Crippen molar-refractivity contribution in [1.29, 1.82) is 0 Å². The largest absolute Gasteiger partial charge is 0.480 e. The SMILES string of the molecule is CNC(=O)CCC(NC(=O)COCCOCCNS(=O)(=O)NC)C(=O)O. The minimum absolute atomic E-state index is 0.0280. The first-order chi connectivity index (χ1) is 12.2. The lowest BCUT2D eigenvalue weighted by atomic mass is 10.1. The van der Waals surface area contributed by atoms with E-state index in [-0.39, 0.29) is 51.7 Å². The second-order valence-corrected chi connectivity index (χ2v) is 6.64. The minimum atomic E-state index is -3.50. The minimum Gasteiger partial charge on any atom is -0.480 e. The van der Waals surface area contributed by atoms with Crippen molar-refractivity contribution >= 4 is 28.0 Å². The van der Waals surface area contributed by atoms with Crippen molar-refractivity contribution in [3.8, 4) is 0 Å². The predicted octanol–water partition coefficient (Wildman–Crippen LogP) is -2.83. The molecule has 5 N–H and O–H groups in total. The van der Waals surface area contributed by atoms with Gasteiger partial charge in [0.1, 0.15) is 12.6 Å². The van der Waals surface area contributed by atoms with E-state index in [0.29, 0.717) is 0 Å². The summed E-state index contributed by atoms with van der Waals surface area (Å²) in [6, 6.07) is -1.18. The van der Waals surface area contributed by atoms with Crippen LogP contribution < -0.4 is 20.1 Å². The molecule has 0 saturated heterocycles. The van der Waals surface area contributed by atoms with Gasteiger partial charge in [0.15, 0.2) is 0 Å². The standard InChI is InChI=1S/C13H26N4O8S/c1-14-11(18)4-3-10(13(20)21)17-12(19)9-25-8-7-24-6-5-16-26(22,23)15-2/h10,15-16H,3-9H2,1-2H3,(H,14,18)(H,17,19)(H,20,21). The van der Waals surface area contributed by atoms with Gasteiger partial charge in [-0.05, 0) is 6.42 Å². The highest BCUT2D eigenvalue weighted by atomic mass is 32.2. The van der Waals surface area contributed by atoms with E-state index in [2.05, 4.69) is 20.1 Å². The second kappa shape index (κ2) is 13.4. The molecular formula is C13H26N4O8S. The molecule has 0 saturated carbocycles. The molecule has 12 nitrogen and oxygen atoms in total. The fourth-order valence-electron chi connectivity index (χ4n) is 1.60. The Bertz CT molecular complexity index is 554. The summed E-state index contributed by atoms with van der Waals surface area (Å²) >= 11 is 0. The number of hydrogen-bond acceptors (Lipinski definition) is 7. The van der Waals surface area contributed by atoms with Crippen LogP contribution in [-0.2, 0) is 34.1 Å². The Morgan fingerprint density at radius 2 is 1.69 bits per heavy atom. The highest BCUT2D eigenvalue weighted by molar-refractivity contribution is 7.87. The molecule has 0 aromatic carbocycles. The quantitative estimate of drug-likeness (QED) is 0.184. The first-order valence-corrected chi connectivity index (χ1v) is 9.26. The maximum absolute atomic E-state index is 11.6. The number of carboxylic acids is 1. The van der Waals surface area contributed by atoms with E-state index in [4.69, 9.17) is 14.6 Å². The Hall–Kier alpha value is -1.80. The summed E-state index contributed by atoms with van der Waals surface area (Å²) in [5.41, 5.74) is 0. The van der Waals surface area contributed by atoms with E-state index >= 15 is 0 Å². The molecule has 0 heterocycles. The average Bonchev–Trinajstić information content (AvgIpc) is 2.60. The molecule has 2 amide bonds. The number of hydrogen-bond donors (Lipinski definition) is 5. The molecule has 1 atom stereocenters. The summed E-state index contributed by atoms with van der Waals surface area (Å²) in [6.07, 6.45) is -0.0634. The van der Waals surface area contributed by atoms with Crippen molar-refractivity contribution in [3.05, 3.63) is 0 Å². The van der Waals surface area contributed by atoms with E-state index in [1.54, 1.807) is 0 Å². The summed E-state index contributed by atoms with van der Waals surface area (Å²) in [6.45, 7) is 0.0433. The van der Waals surface area contributed by atoms with Crippen LogP contribution in [0, 0.1) is 0 Å². The fraction of sp³-hybridized carbons (Fsp3) is 0.769. The van der Waals surface area contributed by atoms with E-state index in [0.717, 1.165) is 0 Å². The molecule has 0 aromatic rings. The second-order valence-electron chi connectivity index (χ2n) is 4.94. The number of ether oxygens (including phenoxy) is 2. The lowest BCUT2D eigenvalue weighted by Crippen LogP contribution is -2.43. The van der Waals surface area contributed by atoms with Gasteiger partial charge in [-0.3, -0.25) is 9.59 Å². The summed E-state index contributed by atoms with van der Waals surface area (Å²) in [7, 11) is -0.790. The first kappa shape index (κ1) is 24.2. The summed E-state index contributed by atoms with van der Waals surface area (Å²) < 4.78 is 36.5. The molecule has 0 rings (SSSR count). The Balaban J connectivity index is 3.83. The van der Waals surface area contributed by atoms with Crippen LogP contribution in [0.3, 0.4) is 0 Å². The van der Waals surface area contributed by atoms with E-state index in [1.807, 2.05) is 0 Å². The maximum Gasteiger partial charge on any atom is 0.326 e. The summed E-state index contributed by atoms with van der Waals surface area (Å²) in [5, 5.41) is 13.6. The number of carboxylic acid groups (broad SMARTS) is 1. The van der Waals surface area contributed by atoms with E-state index in [9.17, 15) is 22.8 Å². The third-order valence-corrected chi connectivity index (χ3v) is 4.11. The average molecular weight is 398 g/mol. The smallest absolute Gasteiger partial charge is 0.326 e. The third kappa shape index (κ3) is 12.5.